The van der Waals surface area contributed by atoms with Crippen molar-refractivity contribution in [2.45, 2.75) is 31.6 Å². The fourth-order valence-electron chi connectivity index (χ4n) is 2.47. The molecule has 4 heteroatoms. The Balaban J connectivity index is 2.27. The van der Waals surface area contributed by atoms with Gasteiger partial charge < -0.3 is 4.90 Å². The number of hydrogen-bond donors (Lipinski definition) is 1. The molecule has 2 atom stereocenters. The van der Waals surface area contributed by atoms with Gasteiger partial charge in [0.25, 0.3) is 0 Å². The predicted octanol–water partition coefficient (Wildman–Crippen LogP) is 2.31. The van der Waals surface area contributed by atoms with Crippen LogP contribution in [0.5, 0.6) is 0 Å². The summed E-state index contributed by atoms with van der Waals surface area (Å²) in [5.41, 5.74) is 1.16. The molecule has 1 amide bonds. The summed E-state index contributed by atoms with van der Waals surface area (Å²) in [6.45, 7) is 5.03. The molecule has 0 N–H and O–H groups in total. The van der Waals surface area contributed by atoms with Gasteiger partial charge >= 0.3 is 0 Å². The third-order valence-electron chi connectivity index (χ3n) is 3.15. The van der Waals surface area contributed by atoms with Crippen molar-refractivity contribution in [3.8, 4) is 0 Å². The van der Waals surface area contributed by atoms with Crippen molar-refractivity contribution in [3.63, 3.8) is 0 Å². The molecule has 17 heavy (non-hydrogen) atoms. The van der Waals surface area contributed by atoms with Gasteiger partial charge in [0.05, 0.1) is 6.04 Å². The Morgan fingerprint density at radius 2 is 2.06 bits per heavy atom. The van der Waals surface area contributed by atoms with Crippen LogP contribution >= 0.6 is 12.6 Å². The first kappa shape index (κ1) is 12.4. The third-order valence-corrected chi connectivity index (χ3v) is 3.50. The molecule has 92 valence electrons. The molecule has 0 aliphatic carbocycles. The fraction of sp³-hybridized carbons (Fsp3) is 0.538. The van der Waals surface area contributed by atoms with E-state index < -0.39 is 0 Å². The number of aromatic nitrogens is 1. The highest BCUT2D eigenvalue weighted by Gasteiger charge is 2.34. The molecule has 0 saturated carbocycles. The van der Waals surface area contributed by atoms with E-state index in [1.165, 1.54) is 0 Å². The number of nitrogens with zero attached hydrogens (tertiary/aromatic N) is 2. The Labute approximate surface area is 108 Å². The zero-order chi connectivity index (χ0) is 12.4. The lowest BCUT2D eigenvalue weighted by molar-refractivity contribution is -0.130. The minimum absolute atomic E-state index is 0.141. The molecule has 1 aromatic heterocycles. The Kier molecular flexibility index (Phi) is 3.72. The minimum atomic E-state index is 0.141. The van der Waals surface area contributed by atoms with E-state index in [1.807, 2.05) is 17.0 Å². The molecular formula is C13H18N2OS. The van der Waals surface area contributed by atoms with Crippen LogP contribution in [-0.4, -0.2) is 27.6 Å². The summed E-state index contributed by atoms with van der Waals surface area (Å²) in [5.74, 6) is 0.598. The summed E-state index contributed by atoms with van der Waals surface area (Å²) < 4.78 is 0. The first-order valence-electron chi connectivity index (χ1n) is 5.97. The van der Waals surface area contributed by atoms with E-state index in [9.17, 15) is 4.79 Å². The summed E-state index contributed by atoms with van der Waals surface area (Å²) in [7, 11) is 0. The standard InChI is InChI=1S/C13H18N2OS/c1-9(2)13(10-3-5-14-6-4-10)15-8-11(17)7-12(15)16/h3-6,9,11,13,17H,7-8H2,1-2H3. The molecule has 0 radical (unpaired) electrons. The van der Waals surface area contributed by atoms with E-state index in [4.69, 9.17) is 0 Å². The lowest BCUT2D eigenvalue weighted by Crippen LogP contribution is -2.33. The Hall–Kier alpha value is -1.03. The molecule has 0 aromatic carbocycles. The number of pyridine rings is 1. The topological polar surface area (TPSA) is 33.2 Å². The number of thiol groups is 1. The molecule has 0 spiro atoms. The maximum atomic E-state index is 12.0. The number of carbonyl (C=O) groups excluding carboxylic acids is 1. The van der Waals surface area contributed by atoms with Gasteiger partial charge in [-0.05, 0) is 23.6 Å². The van der Waals surface area contributed by atoms with Crippen LogP contribution in [0.1, 0.15) is 31.9 Å². The van der Waals surface area contributed by atoms with Crippen LogP contribution in [0.2, 0.25) is 0 Å². The van der Waals surface area contributed by atoms with Crippen LogP contribution in [-0.2, 0) is 4.79 Å². The van der Waals surface area contributed by atoms with E-state index >= 15 is 0 Å². The normalized spacial score (nSPS) is 22.2. The summed E-state index contributed by atoms with van der Waals surface area (Å²) in [6.07, 6.45) is 4.12. The van der Waals surface area contributed by atoms with Crippen molar-refractivity contribution in [2.75, 3.05) is 6.54 Å². The quantitative estimate of drug-likeness (QED) is 0.835. The number of carbonyl (C=O) groups is 1. The predicted molar refractivity (Wildman–Crippen MR) is 70.9 cm³/mol. The van der Waals surface area contributed by atoms with Gasteiger partial charge in [-0.25, -0.2) is 0 Å². The summed E-state index contributed by atoms with van der Waals surface area (Å²) in [4.78, 5) is 18.0. The number of likely N-dealkylation sites (tertiary alicyclic amines) is 1. The Morgan fingerprint density at radius 3 is 2.53 bits per heavy atom. The van der Waals surface area contributed by atoms with Crippen molar-refractivity contribution in [1.29, 1.82) is 0 Å². The highest BCUT2D eigenvalue weighted by molar-refractivity contribution is 7.81. The maximum Gasteiger partial charge on any atom is 0.224 e. The van der Waals surface area contributed by atoms with Crippen molar-refractivity contribution < 1.29 is 4.79 Å². The fourth-order valence-corrected chi connectivity index (χ4v) is 2.80. The second kappa shape index (κ2) is 5.08. The molecule has 3 nitrogen and oxygen atoms in total. The zero-order valence-corrected chi connectivity index (χ0v) is 11.1. The highest BCUT2D eigenvalue weighted by Crippen LogP contribution is 2.32. The zero-order valence-electron chi connectivity index (χ0n) is 10.2. The smallest absolute Gasteiger partial charge is 0.224 e. The third kappa shape index (κ3) is 2.63. The molecule has 2 heterocycles. The van der Waals surface area contributed by atoms with E-state index in [1.54, 1.807) is 12.4 Å². The van der Waals surface area contributed by atoms with Crippen LogP contribution in [0.3, 0.4) is 0 Å². The second-order valence-electron chi connectivity index (χ2n) is 4.87. The second-order valence-corrected chi connectivity index (χ2v) is 5.60. The van der Waals surface area contributed by atoms with Crippen molar-refractivity contribution in [2.24, 2.45) is 5.92 Å². The Bertz CT molecular complexity index is 394. The lowest BCUT2D eigenvalue weighted by atomic mass is 9.95. The molecule has 2 rings (SSSR count). The highest BCUT2D eigenvalue weighted by atomic mass is 32.1. The number of hydrogen-bond acceptors (Lipinski definition) is 3. The van der Waals surface area contributed by atoms with Gasteiger partial charge in [0.1, 0.15) is 0 Å². The van der Waals surface area contributed by atoms with Crippen LogP contribution in [0.25, 0.3) is 0 Å². The molecule has 1 saturated heterocycles. The van der Waals surface area contributed by atoms with Gasteiger partial charge in [-0.3, -0.25) is 9.78 Å². The van der Waals surface area contributed by atoms with Crippen LogP contribution < -0.4 is 0 Å². The molecule has 1 aliphatic heterocycles. The van der Waals surface area contributed by atoms with E-state index in [2.05, 4.69) is 31.5 Å². The van der Waals surface area contributed by atoms with Crippen molar-refractivity contribution in [1.82, 2.24) is 9.88 Å². The van der Waals surface area contributed by atoms with Gasteiger partial charge in [0.15, 0.2) is 0 Å². The molecule has 2 unspecified atom stereocenters. The largest absolute Gasteiger partial charge is 0.334 e. The van der Waals surface area contributed by atoms with E-state index in [0.717, 1.165) is 12.1 Å². The molecule has 0 bridgehead atoms. The van der Waals surface area contributed by atoms with Gasteiger partial charge in [-0.15, -0.1) is 0 Å². The summed E-state index contributed by atoms with van der Waals surface area (Å²) in [5, 5.41) is 0.172. The van der Waals surface area contributed by atoms with E-state index in [-0.39, 0.29) is 17.2 Å². The number of rotatable bonds is 3. The number of amides is 1. The van der Waals surface area contributed by atoms with Crippen LogP contribution in [0.15, 0.2) is 24.5 Å². The Morgan fingerprint density at radius 1 is 1.41 bits per heavy atom. The average molecular weight is 250 g/mol. The SMILES string of the molecule is CC(C)C(c1ccncc1)N1CC(S)CC1=O. The van der Waals surface area contributed by atoms with Crippen LogP contribution in [0, 0.1) is 5.92 Å². The van der Waals surface area contributed by atoms with Crippen molar-refractivity contribution in [3.05, 3.63) is 30.1 Å². The van der Waals surface area contributed by atoms with Gasteiger partial charge in [0.2, 0.25) is 5.91 Å². The molecule has 1 aliphatic rings. The van der Waals surface area contributed by atoms with Crippen molar-refractivity contribution >= 4 is 18.5 Å². The first-order valence-corrected chi connectivity index (χ1v) is 6.48. The van der Waals surface area contributed by atoms with Crippen LogP contribution in [0.4, 0.5) is 0 Å². The average Bonchev–Trinajstić information content (AvgIpc) is 2.59. The maximum absolute atomic E-state index is 12.0. The van der Waals surface area contributed by atoms with E-state index in [0.29, 0.717) is 12.3 Å². The van der Waals surface area contributed by atoms with Gasteiger partial charge in [0, 0.05) is 30.6 Å². The summed E-state index contributed by atoms with van der Waals surface area (Å²) in [6, 6.07) is 4.12. The molecule has 1 fully saturated rings. The van der Waals surface area contributed by atoms with Gasteiger partial charge in [-0.1, -0.05) is 13.8 Å². The monoisotopic (exact) mass is 250 g/mol. The van der Waals surface area contributed by atoms with Gasteiger partial charge in [-0.2, -0.15) is 12.6 Å². The lowest BCUT2D eigenvalue weighted by Gasteiger charge is -2.31. The summed E-state index contributed by atoms with van der Waals surface area (Å²) >= 11 is 4.41. The molecular weight excluding hydrogens is 232 g/mol. The molecule has 1 aromatic rings. The minimum Gasteiger partial charge on any atom is -0.334 e. The first-order chi connectivity index (χ1) is 8.09.